The summed E-state index contributed by atoms with van der Waals surface area (Å²) in [4.78, 5) is 11.0. The molecule has 140 valence electrons. The first-order chi connectivity index (χ1) is 12.4. The summed E-state index contributed by atoms with van der Waals surface area (Å²) in [5.74, 6) is 0.423. The molecule has 2 rings (SSSR count). The van der Waals surface area contributed by atoms with Crippen LogP contribution in [0, 0.1) is 0 Å². The van der Waals surface area contributed by atoms with Gasteiger partial charge in [-0.25, -0.2) is 8.42 Å². The molecule has 0 aliphatic carbocycles. The summed E-state index contributed by atoms with van der Waals surface area (Å²) in [6.07, 6.45) is 0.820. The first kappa shape index (κ1) is 19.6. The lowest BCUT2D eigenvalue weighted by Crippen LogP contribution is -2.15. The van der Waals surface area contributed by atoms with Gasteiger partial charge in [-0.2, -0.15) is 0 Å². The molecule has 0 atom stereocenters. The van der Waals surface area contributed by atoms with Crippen LogP contribution in [0.5, 0.6) is 0 Å². The van der Waals surface area contributed by atoms with E-state index in [1.165, 1.54) is 37.3 Å². The standard InChI is InChI=1S/C16H21N5O4S/c1-12(22)18-13-4-6-14(7-5-13)26(23,24)21-16-9-8-15(19-20-16)17-10-3-11-25-2/h4-9H,3,10-11H2,1-2H3,(H,17,19)(H,18,22)(H,20,21). The molecule has 1 amide bonds. The molecule has 3 N–H and O–H groups in total. The molecule has 0 aliphatic heterocycles. The number of amides is 1. The van der Waals surface area contributed by atoms with Gasteiger partial charge in [0.15, 0.2) is 5.82 Å². The van der Waals surface area contributed by atoms with E-state index in [-0.39, 0.29) is 16.6 Å². The molecule has 10 heteroatoms. The SMILES string of the molecule is COCCCNc1ccc(NS(=O)(=O)c2ccc(NC(C)=O)cc2)nn1. The number of aromatic nitrogens is 2. The number of ether oxygens (including phenoxy) is 1. The molecule has 0 unspecified atom stereocenters. The highest BCUT2D eigenvalue weighted by atomic mass is 32.2. The molecule has 1 heterocycles. The van der Waals surface area contributed by atoms with Crippen LogP contribution in [0.25, 0.3) is 0 Å². The van der Waals surface area contributed by atoms with Gasteiger partial charge in [0.1, 0.15) is 5.82 Å². The molecule has 0 saturated carbocycles. The molecule has 0 radical (unpaired) electrons. The summed E-state index contributed by atoms with van der Waals surface area (Å²) in [7, 11) is -2.16. The molecule has 0 saturated heterocycles. The fraction of sp³-hybridized carbons (Fsp3) is 0.312. The highest BCUT2D eigenvalue weighted by Gasteiger charge is 2.15. The number of benzene rings is 1. The van der Waals surface area contributed by atoms with Gasteiger partial charge in [0, 0.05) is 32.9 Å². The van der Waals surface area contributed by atoms with Crippen molar-refractivity contribution < 1.29 is 17.9 Å². The van der Waals surface area contributed by atoms with Gasteiger partial charge in [-0.1, -0.05) is 0 Å². The normalized spacial score (nSPS) is 11.0. The Balaban J connectivity index is 1.98. The third-order valence-electron chi connectivity index (χ3n) is 3.22. The van der Waals surface area contributed by atoms with Crippen molar-refractivity contribution in [3.8, 4) is 0 Å². The summed E-state index contributed by atoms with van der Waals surface area (Å²) in [5, 5.41) is 13.4. The van der Waals surface area contributed by atoms with Crippen molar-refractivity contribution in [1.82, 2.24) is 10.2 Å². The van der Waals surface area contributed by atoms with Gasteiger partial charge in [-0.05, 0) is 42.8 Å². The molecule has 0 fully saturated rings. The van der Waals surface area contributed by atoms with Crippen LogP contribution < -0.4 is 15.4 Å². The molecule has 1 aromatic heterocycles. The van der Waals surface area contributed by atoms with Crippen LogP contribution in [0.2, 0.25) is 0 Å². The van der Waals surface area contributed by atoms with Crippen molar-refractivity contribution in [2.75, 3.05) is 35.6 Å². The van der Waals surface area contributed by atoms with Crippen LogP contribution in [-0.4, -0.2) is 44.8 Å². The number of methoxy groups -OCH3 is 1. The quantitative estimate of drug-likeness (QED) is 0.567. The van der Waals surface area contributed by atoms with Gasteiger partial charge in [0.05, 0.1) is 4.90 Å². The maximum Gasteiger partial charge on any atom is 0.263 e. The second-order valence-electron chi connectivity index (χ2n) is 5.39. The van der Waals surface area contributed by atoms with E-state index in [9.17, 15) is 13.2 Å². The van der Waals surface area contributed by atoms with Crippen molar-refractivity contribution in [3.05, 3.63) is 36.4 Å². The third-order valence-corrected chi connectivity index (χ3v) is 4.59. The summed E-state index contributed by atoms with van der Waals surface area (Å²) in [6.45, 7) is 2.69. The van der Waals surface area contributed by atoms with E-state index in [4.69, 9.17) is 4.74 Å². The average molecular weight is 379 g/mol. The largest absolute Gasteiger partial charge is 0.385 e. The van der Waals surface area contributed by atoms with E-state index in [0.717, 1.165) is 6.42 Å². The van der Waals surface area contributed by atoms with E-state index in [1.807, 2.05) is 0 Å². The Hall–Kier alpha value is -2.72. The molecule has 0 aliphatic rings. The lowest BCUT2D eigenvalue weighted by Gasteiger charge is -2.09. The summed E-state index contributed by atoms with van der Waals surface area (Å²) in [6, 6.07) is 8.97. The first-order valence-corrected chi connectivity index (χ1v) is 9.36. The Morgan fingerprint density at radius 2 is 1.73 bits per heavy atom. The van der Waals surface area contributed by atoms with Crippen LogP contribution in [0.4, 0.5) is 17.3 Å². The number of carbonyl (C=O) groups is 1. The first-order valence-electron chi connectivity index (χ1n) is 7.88. The second kappa shape index (κ2) is 9.11. The molecule has 9 nitrogen and oxygen atoms in total. The van der Waals surface area contributed by atoms with Crippen LogP contribution in [-0.2, 0) is 19.6 Å². The number of carbonyl (C=O) groups excluding carboxylic acids is 1. The fourth-order valence-electron chi connectivity index (χ4n) is 2.03. The molecule has 0 bridgehead atoms. The zero-order chi connectivity index (χ0) is 19.0. The van der Waals surface area contributed by atoms with Crippen molar-refractivity contribution >= 4 is 33.3 Å². The lowest BCUT2D eigenvalue weighted by molar-refractivity contribution is -0.114. The highest BCUT2D eigenvalue weighted by molar-refractivity contribution is 7.92. The smallest absolute Gasteiger partial charge is 0.263 e. The van der Waals surface area contributed by atoms with E-state index < -0.39 is 10.0 Å². The Bertz CT molecular complexity index is 823. The number of rotatable bonds is 9. The number of hydrogen-bond donors (Lipinski definition) is 3. The highest BCUT2D eigenvalue weighted by Crippen LogP contribution is 2.17. The molecule has 0 spiro atoms. The maximum absolute atomic E-state index is 12.4. The van der Waals surface area contributed by atoms with Crippen molar-refractivity contribution in [2.24, 2.45) is 0 Å². The summed E-state index contributed by atoms with van der Waals surface area (Å²) >= 11 is 0. The summed E-state index contributed by atoms with van der Waals surface area (Å²) in [5.41, 5.74) is 0.514. The van der Waals surface area contributed by atoms with Crippen LogP contribution in [0.1, 0.15) is 13.3 Å². The number of sulfonamides is 1. The monoisotopic (exact) mass is 379 g/mol. The minimum atomic E-state index is -3.80. The predicted molar refractivity (Wildman–Crippen MR) is 98.6 cm³/mol. The molecule has 1 aromatic carbocycles. The fourth-order valence-corrected chi connectivity index (χ4v) is 3.03. The number of nitrogens with one attached hydrogen (secondary N) is 3. The average Bonchev–Trinajstić information content (AvgIpc) is 2.60. The zero-order valence-corrected chi connectivity index (χ0v) is 15.3. The van der Waals surface area contributed by atoms with Gasteiger partial charge in [0.2, 0.25) is 5.91 Å². The maximum atomic E-state index is 12.4. The molecular formula is C16H21N5O4S. The number of anilines is 3. The number of nitrogens with zero attached hydrogens (tertiary/aromatic N) is 2. The van der Waals surface area contributed by atoms with Gasteiger partial charge < -0.3 is 15.4 Å². The van der Waals surface area contributed by atoms with Crippen molar-refractivity contribution in [3.63, 3.8) is 0 Å². The van der Waals surface area contributed by atoms with E-state index in [2.05, 4.69) is 25.6 Å². The Kier molecular flexibility index (Phi) is 6.87. The van der Waals surface area contributed by atoms with Crippen LogP contribution >= 0.6 is 0 Å². The van der Waals surface area contributed by atoms with Gasteiger partial charge in [-0.15, -0.1) is 10.2 Å². The van der Waals surface area contributed by atoms with Crippen molar-refractivity contribution in [1.29, 1.82) is 0 Å². The molecular weight excluding hydrogens is 358 g/mol. The minimum absolute atomic E-state index is 0.0511. The predicted octanol–water partition coefficient (Wildman–Crippen LogP) is 1.68. The summed E-state index contributed by atoms with van der Waals surface area (Å²) < 4.78 is 32.0. The second-order valence-corrected chi connectivity index (χ2v) is 7.07. The topological polar surface area (TPSA) is 122 Å². The Morgan fingerprint density at radius 3 is 2.31 bits per heavy atom. The van der Waals surface area contributed by atoms with E-state index in [0.29, 0.717) is 24.7 Å². The molecule has 2 aromatic rings. The third kappa shape index (κ3) is 5.97. The van der Waals surface area contributed by atoms with E-state index in [1.54, 1.807) is 13.2 Å². The van der Waals surface area contributed by atoms with Crippen LogP contribution in [0.3, 0.4) is 0 Å². The number of hydrogen-bond acceptors (Lipinski definition) is 7. The van der Waals surface area contributed by atoms with Gasteiger partial charge in [0.25, 0.3) is 10.0 Å². The van der Waals surface area contributed by atoms with E-state index >= 15 is 0 Å². The molecule has 26 heavy (non-hydrogen) atoms. The van der Waals surface area contributed by atoms with Crippen LogP contribution in [0.15, 0.2) is 41.3 Å². The minimum Gasteiger partial charge on any atom is -0.385 e. The Labute approximate surface area is 152 Å². The Morgan fingerprint density at radius 1 is 1.08 bits per heavy atom. The van der Waals surface area contributed by atoms with Gasteiger partial charge >= 0.3 is 0 Å². The zero-order valence-electron chi connectivity index (χ0n) is 14.5. The van der Waals surface area contributed by atoms with Crippen molar-refractivity contribution in [2.45, 2.75) is 18.2 Å². The van der Waals surface area contributed by atoms with Gasteiger partial charge in [-0.3, -0.25) is 9.52 Å². The lowest BCUT2D eigenvalue weighted by atomic mass is 10.3.